The Labute approximate surface area is 189 Å². The molecule has 0 atom stereocenters. The first-order valence-electron chi connectivity index (χ1n) is 11.2. The maximum Gasteiger partial charge on any atom is 0.420 e. The predicted molar refractivity (Wildman–Crippen MR) is 126 cm³/mol. The molecule has 0 N–H and O–H groups in total. The molecule has 0 radical (unpaired) electrons. The highest BCUT2D eigenvalue weighted by molar-refractivity contribution is 7.91. The molecule has 2 aromatic carbocycles. The molecule has 0 aliphatic carbocycles. The van der Waals surface area contributed by atoms with Crippen molar-refractivity contribution in [1.29, 1.82) is 0 Å². The lowest BCUT2D eigenvalue weighted by atomic mass is 10.0. The van der Waals surface area contributed by atoms with Crippen LogP contribution in [0, 0.1) is 0 Å². The van der Waals surface area contributed by atoms with E-state index in [1.54, 1.807) is 19.1 Å². The second-order valence-corrected chi connectivity index (χ2v) is 10.8. The van der Waals surface area contributed by atoms with E-state index in [-0.39, 0.29) is 10.6 Å². The van der Waals surface area contributed by atoms with Crippen molar-refractivity contribution in [2.24, 2.45) is 0 Å². The average molecular weight is 458 g/mol. The molecule has 32 heavy (non-hydrogen) atoms. The van der Waals surface area contributed by atoms with Gasteiger partial charge in [0, 0.05) is 26.2 Å². The van der Waals surface area contributed by atoms with Gasteiger partial charge in [0.2, 0.25) is 0 Å². The molecule has 172 valence electrons. The second kappa shape index (κ2) is 9.60. The van der Waals surface area contributed by atoms with E-state index in [4.69, 9.17) is 4.42 Å². The van der Waals surface area contributed by atoms with Crippen LogP contribution in [-0.4, -0.2) is 68.3 Å². The highest BCUT2D eigenvalue weighted by Crippen LogP contribution is 2.21. The molecule has 0 spiro atoms. The van der Waals surface area contributed by atoms with Gasteiger partial charge in [0.1, 0.15) is 0 Å². The molecule has 1 aromatic heterocycles. The fraction of sp³-hybridized carbons (Fsp3) is 0.458. The Hall–Kier alpha value is -2.42. The summed E-state index contributed by atoms with van der Waals surface area (Å²) in [5.41, 5.74) is 3.18. The Morgan fingerprint density at radius 2 is 1.72 bits per heavy atom. The van der Waals surface area contributed by atoms with Crippen LogP contribution in [0.25, 0.3) is 11.1 Å². The van der Waals surface area contributed by atoms with Gasteiger partial charge >= 0.3 is 5.76 Å². The van der Waals surface area contributed by atoms with E-state index in [9.17, 15) is 13.2 Å². The van der Waals surface area contributed by atoms with E-state index < -0.39 is 15.6 Å². The van der Waals surface area contributed by atoms with Crippen molar-refractivity contribution in [3.63, 3.8) is 0 Å². The molecule has 1 saturated heterocycles. The number of aryl methyl sites for hydroxylation is 1. The number of nitrogens with zero attached hydrogens (tertiary/aromatic N) is 3. The maximum atomic E-state index is 12.6. The number of rotatable bonds is 8. The van der Waals surface area contributed by atoms with Gasteiger partial charge in [-0.25, -0.2) is 13.2 Å². The van der Waals surface area contributed by atoms with E-state index in [2.05, 4.69) is 22.9 Å². The minimum Gasteiger partial charge on any atom is -0.408 e. The van der Waals surface area contributed by atoms with Crippen LogP contribution in [0.5, 0.6) is 0 Å². The van der Waals surface area contributed by atoms with Crippen molar-refractivity contribution in [3.05, 3.63) is 64.1 Å². The number of hydrogen-bond donors (Lipinski definition) is 0. The summed E-state index contributed by atoms with van der Waals surface area (Å²) in [5, 5.41) is 0. The number of benzene rings is 2. The zero-order valence-electron chi connectivity index (χ0n) is 18.8. The number of sulfone groups is 1. The predicted octanol–water partition coefficient (Wildman–Crippen LogP) is 2.62. The van der Waals surface area contributed by atoms with Gasteiger partial charge in [-0.3, -0.25) is 4.57 Å². The molecule has 3 aromatic rings. The summed E-state index contributed by atoms with van der Waals surface area (Å²) in [6, 6.07) is 12.8. The van der Waals surface area contributed by atoms with Gasteiger partial charge in [-0.15, -0.1) is 0 Å². The highest BCUT2D eigenvalue weighted by Gasteiger charge is 2.17. The van der Waals surface area contributed by atoms with Crippen LogP contribution < -0.4 is 5.76 Å². The van der Waals surface area contributed by atoms with Crippen molar-refractivity contribution < 1.29 is 12.8 Å². The molecule has 7 nitrogen and oxygen atoms in total. The van der Waals surface area contributed by atoms with Gasteiger partial charge in [0.05, 0.1) is 22.7 Å². The average Bonchev–Trinajstić information content (AvgIpc) is 3.10. The van der Waals surface area contributed by atoms with Gasteiger partial charge < -0.3 is 14.2 Å². The lowest BCUT2D eigenvalue weighted by molar-refractivity contribution is 0.153. The largest absolute Gasteiger partial charge is 0.420 e. The van der Waals surface area contributed by atoms with Crippen LogP contribution in [0.4, 0.5) is 0 Å². The van der Waals surface area contributed by atoms with Crippen LogP contribution >= 0.6 is 0 Å². The molecule has 8 heteroatoms. The summed E-state index contributed by atoms with van der Waals surface area (Å²) >= 11 is 0. The Balaban J connectivity index is 1.54. The summed E-state index contributed by atoms with van der Waals surface area (Å²) in [5.74, 6) is -0.463. The molecular formula is C24H31N3O4S. The monoisotopic (exact) mass is 457 g/mol. The van der Waals surface area contributed by atoms with Crippen molar-refractivity contribution in [2.75, 3.05) is 45.5 Å². The van der Waals surface area contributed by atoms with Gasteiger partial charge in [-0.2, -0.15) is 0 Å². The number of hydrogen-bond acceptors (Lipinski definition) is 6. The molecule has 0 bridgehead atoms. The zero-order valence-corrected chi connectivity index (χ0v) is 19.6. The topological polar surface area (TPSA) is 75.8 Å². The summed E-state index contributed by atoms with van der Waals surface area (Å²) in [6.45, 7) is 7.47. The highest BCUT2D eigenvalue weighted by atomic mass is 32.2. The third kappa shape index (κ3) is 4.98. The van der Waals surface area contributed by atoms with Crippen molar-refractivity contribution in [3.8, 4) is 0 Å². The lowest BCUT2D eigenvalue weighted by Gasteiger charge is -2.32. The number of piperazine rings is 1. The molecule has 0 saturated carbocycles. The summed E-state index contributed by atoms with van der Waals surface area (Å²) in [4.78, 5) is 17.6. The maximum absolute atomic E-state index is 12.6. The van der Waals surface area contributed by atoms with E-state index >= 15 is 0 Å². The van der Waals surface area contributed by atoms with Gasteiger partial charge in [-0.1, -0.05) is 31.2 Å². The minimum atomic E-state index is -3.37. The smallest absolute Gasteiger partial charge is 0.408 e. The molecular weight excluding hydrogens is 426 g/mol. The summed E-state index contributed by atoms with van der Waals surface area (Å²) < 4.78 is 31.5. The van der Waals surface area contributed by atoms with Crippen LogP contribution in [0.1, 0.15) is 24.5 Å². The van der Waals surface area contributed by atoms with Gasteiger partial charge in [-0.05, 0) is 55.8 Å². The number of likely N-dealkylation sites (N-methyl/N-ethyl adjacent to an activating group) is 1. The summed E-state index contributed by atoms with van der Waals surface area (Å²) in [7, 11) is -1.21. The van der Waals surface area contributed by atoms with E-state index in [0.29, 0.717) is 17.6 Å². The standard InChI is InChI=1S/C24H31N3O4S/c1-3-32(29,30)21-10-11-23-22(17-21)27(24(28)31-23)18-20-8-5-4-7-19(20)9-6-12-26-15-13-25(2)14-16-26/h4-5,7-8,10-11,17H,3,6,9,12-16,18H2,1-2H3. The third-order valence-corrected chi connectivity index (χ3v) is 8.07. The molecule has 2 heterocycles. The first-order valence-corrected chi connectivity index (χ1v) is 12.9. The molecule has 1 aliphatic rings. The van der Waals surface area contributed by atoms with Gasteiger partial charge in [0.25, 0.3) is 0 Å². The van der Waals surface area contributed by atoms with Crippen molar-refractivity contribution in [2.45, 2.75) is 31.2 Å². The van der Waals surface area contributed by atoms with Crippen LogP contribution in [-0.2, 0) is 22.8 Å². The Bertz CT molecular complexity index is 1240. The third-order valence-electron chi connectivity index (χ3n) is 6.34. The quantitative estimate of drug-likeness (QED) is 0.518. The van der Waals surface area contributed by atoms with E-state index in [0.717, 1.165) is 51.1 Å². The number of oxazole rings is 1. The van der Waals surface area contributed by atoms with Gasteiger partial charge in [0.15, 0.2) is 15.4 Å². The Morgan fingerprint density at radius 1 is 1.00 bits per heavy atom. The lowest BCUT2D eigenvalue weighted by Crippen LogP contribution is -2.44. The first-order chi connectivity index (χ1) is 15.4. The molecule has 1 fully saturated rings. The Kier molecular flexibility index (Phi) is 6.83. The summed E-state index contributed by atoms with van der Waals surface area (Å²) in [6.07, 6.45) is 1.99. The zero-order chi connectivity index (χ0) is 22.7. The number of fused-ring (bicyclic) bond motifs is 1. The van der Waals surface area contributed by atoms with Crippen molar-refractivity contribution >= 4 is 20.9 Å². The number of aromatic nitrogens is 1. The van der Waals surface area contributed by atoms with E-state index in [1.165, 1.54) is 16.2 Å². The fourth-order valence-electron chi connectivity index (χ4n) is 4.24. The minimum absolute atomic E-state index is 0.0106. The van der Waals surface area contributed by atoms with E-state index in [1.807, 2.05) is 18.2 Å². The van der Waals surface area contributed by atoms with Crippen molar-refractivity contribution in [1.82, 2.24) is 14.4 Å². The van der Waals surface area contributed by atoms with Crippen LogP contribution in [0.3, 0.4) is 0 Å². The SMILES string of the molecule is CCS(=O)(=O)c1ccc2oc(=O)n(Cc3ccccc3CCCN3CCN(C)CC3)c2c1. The van der Waals surface area contributed by atoms with Crippen LogP contribution in [0.15, 0.2) is 56.6 Å². The first kappa shape index (κ1) is 22.8. The molecule has 1 aliphatic heterocycles. The molecule has 0 unspecified atom stereocenters. The molecule has 0 amide bonds. The fourth-order valence-corrected chi connectivity index (χ4v) is 5.14. The normalized spacial score (nSPS) is 16.1. The second-order valence-electron chi connectivity index (χ2n) is 8.50. The Morgan fingerprint density at radius 3 is 2.44 bits per heavy atom. The van der Waals surface area contributed by atoms with Crippen LogP contribution in [0.2, 0.25) is 0 Å². The molecule has 4 rings (SSSR count).